The fourth-order valence-corrected chi connectivity index (χ4v) is 3.95. The Balaban J connectivity index is 1.75. The fourth-order valence-electron chi connectivity index (χ4n) is 3.65. The van der Waals surface area contributed by atoms with Crippen molar-refractivity contribution in [3.8, 4) is 11.1 Å². The molecule has 0 spiro atoms. The first-order valence-corrected chi connectivity index (χ1v) is 10.9. The summed E-state index contributed by atoms with van der Waals surface area (Å²) in [6, 6.07) is 29.5. The molecule has 0 bridgehead atoms. The van der Waals surface area contributed by atoms with E-state index in [1.165, 1.54) is 0 Å². The summed E-state index contributed by atoms with van der Waals surface area (Å²) in [6.07, 6.45) is 3.68. The largest absolute Gasteiger partial charge is 0.867 e. The fraction of sp³-hybridized carbons (Fsp3) is 0.0714. The number of hydrogen-bond acceptors (Lipinski definition) is 2. The molecule has 3 nitrogen and oxygen atoms in total. The number of hydrogen-bond donors (Lipinski definition) is 1. The number of thiocarbonyl (C=S) groups is 1. The maximum absolute atomic E-state index is 13.6. The molecule has 0 radical (unpaired) electrons. The summed E-state index contributed by atoms with van der Waals surface area (Å²) in [6.45, 7) is 4.05. The second-order valence-electron chi connectivity index (χ2n) is 7.62. The molecule has 0 aliphatic rings. The lowest BCUT2D eigenvalue weighted by atomic mass is 10.0. The quantitative estimate of drug-likeness (QED) is 0.197. The van der Waals surface area contributed by atoms with Crippen molar-refractivity contribution < 1.29 is 9.67 Å². The van der Waals surface area contributed by atoms with Crippen LogP contribution in [0.25, 0.3) is 22.6 Å². The van der Waals surface area contributed by atoms with Crippen LogP contribution in [-0.2, 0) is 0 Å². The van der Waals surface area contributed by atoms with Crippen LogP contribution in [0.15, 0.2) is 103 Å². The Morgan fingerprint density at radius 1 is 0.719 bits per heavy atom. The van der Waals surface area contributed by atoms with Crippen LogP contribution >= 0.6 is 12.2 Å². The van der Waals surface area contributed by atoms with Crippen molar-refractivity contribution in [3.63, 3.8) is 0 Å². The van der Waals surface area contributed by atoms with E-state index in [0.29, 0.717) is 16.2 Å². The maximum Gasteiger partial charge on any atom is 0.238 e. The van der Waals surface area contributed by atoms with Crippen molar-refractivity contribution in [3.05, 3.63) is 120 Å². The van der Waals surface area contributed by atoms with Gasteiger partial charge in [-0.3, -0.25) is 0 Å². The van der Waals surface area contributed by atoms with Crippen molar-refractivity contribution in [1.29, 1.82) is 0 Å². The predicted octanol–water partition coefficient (Wildman–Crippen LogP) is 5.38. The smallest absolute Gasteiger partial charge is 0.238 e. The number of nitrogens with one attached hydrogen (secondary N) is 1. The number of para-hydroxylation sites is 1. The van der Waals surface area contributed by atoms with Gasteiger partial charge in [0.1, 0.15) is 0 Å². The van der Waals surface area contributed by atoms with Gasteiger partial charge >= 0.3 is 0 Å². The Bertz CT molecular complexity index is 1240. The standard InChI is InChI=1S/C28H24N2OS/c1-20-10-9-11-21(2)25(20)29-28(32)26(30-18-7-4-8-19-30)27(31)24-16-14-23(15-17-24)22-12-5-3-6-13-22/h3-19H,1-2H3,(H-,29,31,32). The third kappa shape index (κ3) is 4.61. The second-order valence-corrected chi connectivity index (χ2v) is 8.03. The lowest BCUT2D eigenvalue weighted by Crippen LogP contribution is -2.40. The molecule has 1 N–H and O–H groups in total. The Morgan fingerprint density at radius 3 is 1.91 bits per heavy atom. The van der Waals surface area contributed by atoms with Crippen molar-refractivity contribution in [2.45, 2.75) is 13.8 Å². The number of aromatic nitrogens is 1. The van der Waals surface area contributed by atoms with E-state index in [0.717, 1.165) is 27.9 Å². The number of rotatable bonds is 5. The first kappa shape index (κ1) is 21.5. The van der Waals surface area contributed by atoms with Gasteiger partial charge in [-0.05, 0) is 47.4 Å². The van der Waals surface area contributed by atoms with E-state index in [4.69, 9.17) is 12.2 Å². The van der Waals surface area contributed by atoms with Crippen LogP contribution in [0.1, 0.15) is 16.7 Å². The summed E-state index contributed by atoms with van der Waals surface area (Å²) in [4.78, 5) is 0.385. The van der Waals surface area contributed by atoms with E-state index < -0.39 is 0 Å². The molecule has 158 valence electrons. The van der Waals surface area contributed by atoms with Gasteiger partial charge in [0.25, 0.3) is 0 Å². The van der Waals surface area contributed by atoms with Crippen molar-refractivity contribution in [2.24, 2.45) is 0 Å². The Hall–Kier alpha value is -3.76. The van der Waals surface area contributed by atoms with Crippen molar-refractivity contribution in [1.82, 2.24) is 0 Å². The molecule has 32 heavy (non-hydrogen) atoms. The summed E-state index contributed by atoms with van der Waals surface area (Å²) >= 11 is 5.75. The van der Waals surface area contributed by atoms with Crippen LogP contribution in [0.4, 0.5) is 5.69 Å². The van der Waals surface area contributed by atoms with E-state index >= 15 is 0 Å². The van der Waals surface area contributed by atoms with Gasteiger partial charge in [0, 0.05) is 17.8 Å². The molecular weight excluding hydrogens is 412 g/mol. The molecule has 4 aromatic rings. The summed E-state index contributed by atoms with van der Waals surface area (Å²) in [7, 11) is 0. The molecule has 4 rings (SSSR count). The molecule has 0 saturated carbocycles. The Kier molecular flexibility index (Phi) is 6.43. The topological polar surface area (TPSA) is 39.0 Å². The lowest BCUT2D eigenvalue weighted by molar-refractivity contribution is -0.577. The first-order valence-electron chi connectivity index (χ1n) is 10.5. The van der Waals surface area contributed by atoms with Crippen LogP contribution in [0.5, 0.6) is 0 Å². The second kappa shape index (κ2) is 9.58. The predicted molar refractivity (Wildman–Crippen MR) is 134 cm³/mol. The summed E-state index contributed by atoms with van der Waals surface area (Å²) in [5.41, 5.74) is 6.25. The third-order valence-electron chi connectivity index (χ3n) is 5.38. The lowest BCUT2D eigenvalue weighted by Gasteiger charge is -2.18. The SMILES string of the molecule is Cc1cccc(C)c1NC(=S)/C(=C(\[O-])c1ccc(-c2ccccc2)cc1)[n+]1ccccc1. The van der Waals surface area contributed by atoms with Gasteiger partial charge in [0.05, 0.1) is 0 Å². The number of nitrogens with zero attached hydrogens (tertiary/aromatic N) is 1. The molecule has 1 aromatic heterocycles. The van der Waals surface area contributed by atoms with Crippen LogP contribution in [-0.4, -0.2) is 4.99 Å². The van der Waals surface area contributed by atoms with Gasteiger partial charge in [0.2, 0.25) is 5.70 Å². The summed E-state index contributed by atoms with van der Waals surface area (Å²) < 4.78 is 1.77. The minimum Gasteiger partial charge on any atom is -0.867 e. The molecule has 0 atom stereocenters. The van der Waals surface area contributed by atoms with E-state index in [9.17, 15) is 5.11 Å². The van der Waals surface area contributed by atoms with Gasteiger partial charge in [-0.25, -0.2) is 0 Å². The Labute approximate surface area is 194 Å². The highest BCUT2D eigenvalue weighted by molar-refractivity contribution is 7.81. The molecule has 0 saturated heterocycles. The molecule has 0 unspecified atom stereocenters. The zero-order valence-electron chi connectivity index (χ0n) is 18.1. The van der Waals surface area contributed by atoms with Gasteiger partial charge in [-0.2, -0.15) is 4.57 Å². The van der Waals surface area contributed by atoms with E-state index in [1.807, 2.05) is 105 Å². The first-order chi connectivity index (χ1) is 15.5. The minimum atomic E-state index is -0.135. The number of aryl methyl sites for hydroxylation is 2. The average molecular weight is 437 g/mol. The normalized spacial score (nSPS) is 11.6. The average Bonchev–Trinajstić information content (AvgIpc) is 2.83. The molecule has 0 fully saturated rings. The molecular formula is C28H24N2OS. The Morgan fingerprint density at radius 2 is 1.28 bits per heavy atom. The van der Waals surface area contributed by atoms with Crippen LogP contribution in [0.2, 0.25) is 0 Å². The molecule has 0 aliphatic carbocycles. The highest BCUT2D eigenvalue weighted by Crippen LogP contribution is 2.24. The van der Waals surface area contributed by atoms with E-state index in [-0.39, 0.29) is 5.76 Å². The van der Waals surface area contributed by atoms with E-state index in [1.54, 1.807) is 4.57 Å². The molecule has 3 aromatic carbocycles. The van der Waals surface area contributed by atoms with Gasteiger partial charge < -0.3 is 10.4 Å². The number of anilines is 1. The summed E-state index contributed by atoms with van der Waals surface area (Å²) in [5, 5.41) is 16.9. The van der Waals surface area contributed by atoms with Gasteiger partial charge in [-0.1, -0.05) is 91.1 Å². The highest BCUT2D eigenvalue weighted by atomic mass is 32.1. The molecule has 0 amide bonds. The maximum atomic E-state index is 13.6. The molecule has 1 heterocycles. The van der Waals surface area contributed by atoms with Crippen LogP contribution < -0.4 is 15.0 Å². The monoisotopic (exact) mass is 436 g/mol. The summed E-state index contributed by atoms with van der Waals surface area (Å²) in [5.74, 6) is -0.135. The third-order valence-corrected chi connectivity index (χ3v) is 5.67. The minimum absolute atomic E-state index is 0.135. The zero-order chi connectivity index (χ0) is 22.5. The highest BCUT2D eigenvalue weighted by Gasteiger charge is 2.19. The van der Waals surface area contributed by atoms with E-state index in [2.05, 4.69) is 17.4 Å². The number of pyridine rings is 1. The molecule has 4 heteroatoms. The zero-order valence-corrected chi connectivity index (χ0v) is 18.9. The van der Waals surface area contributed by atoms with Crippen molar-refractivity contribution >= 4 is 34.3 Å². The molecule has 0 aliphatic heterocycles. The van der Waals surface area contributed by atoms with Gasteiger partial charge in [0.15, 0.2) is 17.4 Å². The van der Waals surface area contributed by atoms with Gasteiger partial charge in [-0.15, -0.1) is 0 Å². The van der Waals surface area contributed by atoms with Crippen LogP contribution in [0, 0.1) is 13.8 Å². The van der Waals surface area contributed by atoms with Crippen LogP contribution in [0.3, 0.4) is 0 Å². The number of benzene rings is 3. The van der Waals surface area contributed by atoms with Crippen molar-refractivity contribution in [2.75, 3.05) is 5.32 Å².